The van der Waals surface area contributed by atoms with Crippen molar-refractivity contribution in [2.45, 2.75) is 13.5 Å². The second-order valence-corrected chi connectivity index (χ2v) is 3.99. The monoisotopic (exact) mass is 257 g/mol. The number of nitrogens with one attached hydrogen (secondary N) is 1. The zero-order chi connectivity index (χ0) is 13.2. The summed E-state index contributed by atoms with van der Waals surface area (Å²) in [7, 11) is 0. The van der Waals surface area contributed by atoms with Crippen molar-refractivity contribution in [2.24, 2.45) is 0 Å². The van der Waals surface area contributed by atoms with Gasteiger partial charge in [0.25, 0.3) is 0 Å². The number of aromatic amines is 1. The lowest BCUT2D eigenvalue weighted by Gasteiger charge is -2.05. The SMILES string of the molecule is Cc1ccc(COc2nc(N)nc3[nH]nnc23)cn1. The molecule has 0 saturated carbocycles. The maximum atomic E-state index is 5.59. The van der Waals surface area contributed by atoms with Crippen LogP contribution in [0.5, 0.6) is 5.88 Å². The Bertz CT molecular complexity index is 707. The van der Waals surface area contributed by atoms with Gasteiger partial charge in [-0.05, 0) is 13.0 Å². The minimum Gasteiger partial charge on any atom is -0.471 e. The average Bonchev–Trinajstić information content (AvgIpc) is 2.85. The Morgan fingerprint density at radius 1 is 1.32 bits per heavy atom. The summed E-state index contributed by atoms with van der Waals surface area (Å²) in [6, 6.07) is 3.85. The molecule has 3 aromatic rings. The number of nitrogens with zero attached hydrogens (tertiary/aromatic N) is 5. The fourth-order valence-corrected chi connectivity index (χ4v) is 1.58. The molecule has 3 rings (SSSR count). The van der Waals surface area contributed by atoms with Crippen molar-refractivity contribution in [1.29, 1.82) is 0 Å². The predicted molar refractivity (Wildman–Crippen MR) is 67.2 cm³/mol. The molecule has 0 aliphatic heterocycles. The molecule has 0 spiro atoms. The average molecular weight is 257 g/mol. The van der Waals surface area contributed by atoms with E-state index in [1.54, 1.807) is 6.20 Å². The molecule has 3 N–H and O–H groups in total. The number of aryl methyl sites for hydroxylation is 1. The summed E-state index contributed by atoms with van der Waals surface area (Å²) in [6.07, 6.45) is 1.75. The summed E-state index contributed by atoms with van der Waals surface area (Å²) >= 11 is 0. The Morgan fingerprint density at radius 2 is 2.21 bits per heavy atom. The predicted octanol–water partition coefficient (Wildman–Crippen LogP) is 0.613. The van der Waals surface area contributed by atoms with Crippen molar-refractivity contribution in [3.05, 3.63) is 29.6 Å². The molecular formula is C11H11N7O. The molecule has 0 radical (unpaired) electrons. The van der Waals surface area contributed by atoms with E-state index in [1.165, 1.54) is 0 Å². The third-order valence-corrected chi connectivity index (χ3v) is 2.52. The van der Waals surface area contributed by atoms with E-state index in [9.17, 15) is 0 Å². The second-order valence-electron chi connectivity index (χ2n) is 3.99. The molecule has 0 atom stereocenters. The highest BCUT2D eigenvalue weighted by molar-refractivity contribution is 5.75. The van der Waals surface area contributed by atoms with Crippen LogP contribution in [0, 0.1) is 6.92 Å². The van der Waals surface area contributed by atoms with Crippen LogP contribution in [0.25, 0.3) is 11.2 Å². The van der Waals surface area contributed by atoms with Gasteiger partial charge >= 0.3 is 0 Å². The van der Waals surface area contributed by atoms with E-state index < -0.39 is 0 Å². The van der Waals surface area contributed by atoms with E-state index in [4.69, 9.17) is 10.5 Å². The molecule has 0 fully saturated rings. The van der Waals surface area contributed by atoms with Gasteiger partial charge in [0.05, 0.1) is 0 Å². The zero-order valence-corrected chi connectivity index (χ0v) is 10.2. The Hall–Kier alpha value is -2.77. The third-order valence-electron chi connectivity index (χ3n) is 2.52. The van der Waals surface area contributed by atoms with Crippen molar-refractivity contribution in [2.75, 3.05) is 5.73 Å². The number of hydrogen-bond acceptors (Lipinski definition) is 7. The number of pyridine rings is 1. The maximum Gasteiger partial charge on any atom is 0.249 e. The van der Waals surface area contributed by atoms with Crippen LogP contribution < -0.4 is 10.5 Å². The number of nitrogen functional groups attached to an aromatic ring is 1. The standard InChI is InChI=1S/C11H11N7O/c1-6-2-3-7(4-13-6)5-19-10-8-9(17-18-16-8)14-11(12)15-10/h2-4H,5H2,1H3,(H3,12,14,15,16,17,18). The Morgan fingerprint density at radius 3 is 3.00 bits per heavy atom. The number of H-pyrrole nitrogens is 1. The van der Waals surface area contributed by atoms with Gasteiger partial charge in [-0.15, -0.1) is 5.10 Å². The molecule has 0 bridgehead atoms. The van der Waals surface area contributed by atoms with Crippen molar-refractivity contribution in [3.8, 4) is 5.88 Å². The van der Waals surface area contributed by atoms with Crippen LogP contribution in [-0.4, -0.2) is 30.4 Å². The number of nitrogens with two attached hydrogens (primary N) is 1. The first kappa shape index (κ1) is 11.3. The van der Waals surface area contributed by atoms with Crippen LogP contribution in [0.2, 0.25) is 0 Å². The topological polar surface area (TPSA) is 115 Å². The molecule has 96 valence electrons. The lowest BCUT2D eigenvalue weighted by molar-refractivity contribution is 0.297. The fraction of sp³-hybridized carbons (Fsp3) is 0.182. The van der Waals surface area contributed by atoms with Gasteiger partial charge in [-0.3, -0.25) is 4.98 Å². The molecule has 0 amide bonds. The first-order valence-electron chi connectivity index (χ1n) is 5.61. The minimum atomic E-state index is 0.107. The quantitative estimate of drug-likeness (QED) is 0.706. The number of aromatic nitrogens is 6. The summed E-state index contributed by atoms with van der Waals surface area (Å²) in [5, 5.41) is 10.1. The van der Waals surface area contributed by atoms with E-state index in [0.29, 0.717) is 23.7 Å². The summed E-state index contributed by atoms with van der Waals surface area (Å²) in [5.74, 6) is 0.410. The smallest absolute Gasteiger partial charge is 0.249 e. The summed E-state index contributed by atoms with van der Waals surface area (Å²) in [4.78, 5) is 12.2. The summed E-state index contributed by atoms with van der Waals surface area (Å²) < 4.78 is 5.59. The van der Waals surface area contributed by atoms with E-state index in [0.717, 1.165) is 11.3 Å². The van der Waals surface area contributed by atoms with Gasteiger partial charge in [-0.1, -0.05) is 11.3 Å². The maximum absolute atomic E-state index is 5.59. The van der Waals surface area contributed by atoms with Crippen LogP contribution in [0.15, 0.2) is 18.3 Å². The number of rotatable bonds is 3. The number of hydrogen-bond donors (Lipinski definition) is 2. The highest BCUT2D eigenvalue weighted by atomic mass is 16.5. The first-order valence-corrected chi connectivity index (χ1v) is 5.61. The molecule has 8 heteroatoms. The molecule has 0 aliphatic rings. The van der Waals surface area contributed by atoms with Crippen LogP contribution in [0.1, 0.15) is 11.3 Å². The highest BCUT2D eigenvalue weighted by Gasteiger charge is 2.11. The molecular weight excluding hydrogens is 246 g/mol. The van der Waals surface area contributed by atoms with Gasteiger partial charge in [0.15, 0.2) is 11.2 Å². The second kappa shape index (κ2) is 4.48. The van der Waals surface area contributed by atoms with Gasteiger partial charge < -0.3 is 10.5 Å². The Kier molecular flexibility index (Phi) is 2.67. The largest absolute Gasteiger partial charge is 0.471 e. The van der Waals surface area contributed by atoms with Crippen LogP contribution in [0.3, 0.4) is 0 Å². The zero-order valence-electron chi connectivity index (χ0n) is 10.2. The lowest BCUT2D eigenvalue weighted by atomic mass is 10.3. The van der Waals surface area contributed by atoms with Crippen LogP contribution in [-0.2, 0) is 6.61 Å². The third kappa shape index (κ3) is 2.28. The van der Waals surface area contributed by atoms with Gasteiger partial charge in [0.1, 0.15) is 6.61 Å². The Balaban J connectivity index is 1.85. The van der Waals surface area contributed by atoms with Gasteiger partial charge in [-0.2, -0.15) is 9.97 Å². The van der Waals surface area contributed by atoms with Gasteiger partial charge in [0, 0.05) is 17.5 Å². The van der Waals surface area contributed by atoms with E-state index in [-0.39, 0.29) is 5.95 Å². The van der Waals surface area contributed by atoms with E-state index in [1.807, 2.05) is 19.1 Å². The van der Waals surface area contributed by atoms with Crippen LogP contribution >= 0.6 is 0 Å². The van der Waals surface area contributed by atoms with Crippen molar-refractivity contribution in [3.63, 3.8) is 0 Å². The minimum absolute atomic E-state index is 0.107. The van der Waals surface area contributed by atoms with E-state index in [2.05, 4.69) is 30.4 Å². The summed E-state index contributed by atoms with van der Waals surface area (Å²) in [6.45, 7) is 2.25. The molecule has 0 aliphatic carbocycles. The molecule has 0 unspecified atom stereocenters. The number of fused-ring (bicyclic) bond motifs is 1. The number of anilines is 1. The molecule has 8 nitrogen and oxygen atoms in total. The molecule has 0 saturated heterocycles. The molecule has 3 heterocycles. The normalized spacial score (nSPS) is 10.8. The van der Waals surface area contributed by atoms with Crippen LogP contribution in [0.4, 0.5) is 5.95 Å². The molecule has 19 heavy (non-hydrogen) atoms. The summed E-state index contributed by atoms with van der Waals surface area (Å²) in [5.41, 5.74) is 8.37. The molecule has 3 aromatic heterocycles. The first-order chi connectivity index (χ1) is 9.22. The van der Waals surface area contributed by atoms with Gasteiger partial charge in [0.2, 0.25) is 11.8 Å². The highest BCUT2D eigenvalue weighted by Crippen LogP contribution is 2.19. The van der Waals surface area contributed by atoms with Crippen molar-refractivity contribution < 1.29 is 4.74 Å². The Labute approximate surface area is 108 Å². The van der Waals surface area contributed by atoms with Crippen molar-refractivity contribution in [1.82, 2.24) is 30.4 Å². The van der Waals surface area contributed by atoms with Crippen molar-refractivity contribution >= 4 is 17.1 Å². The van der Waals surface area contributed by atoms with E-state index >= 15 is 0 Å². The number of ether oxygens (including phenoxy) is 1. The fourth-order valence-electron chi connectivity index (χ4n) is 1.58. The molecule has 0 aromatic carbocycles. The lowest BCUT2D eigenvalue weighted by Crippen LogP contribution is -2.02. The van der Waals surface area contributed by atoms with Gasteiger partial charge in [-0.25, -0.2) is 5.10 Å².